The van der Waals surface area contributed by atoms with Gasteiger partial charge in [-0.25, -0.2) is 0 Å². The number of benzene rings is 1. The van der Waals surface area contributed by atoms with Crippen molar-refractivity contribution in [3.8, 4) is 0 Å². The molecule has 0 atom stereocenters. The van der Waals surface area contributed by atoms with Crippen LogP contribution in [0.15, 0.2) is 30.3 Å². The fourth-order valence-electron chi connectivity index (χ4n) is 1.65. The SMILES string of the molecule is COCCNCC=Cc1ccc(C(C)(C)C)cc1. The first-order valence-corrected chi connectivity index (χ1v) is 6.51. The number of nitrogens with one attached hydrogen (secondary N) is 1. The molecule has 1 aromatic rings. The zero-order chi connectivity index (χ0) is 13.4. The van der Waals surface area contributed by atoms with Gasteiger partial charge >= 0.3 is 0 Å². The first kappa shape index (κ1) is 14.9. The number of hydrogen-bond donors (Lipinski definition) is 1. The van der Waals surface area contributed by atoms with Gasteiger partial charge < -0.3 is 10.1 Å². The van der Waals surface area contributed by atoms with Crippen molar-refractivity contribution in [2.45, 2.75) is 26.2 Å². The summed E-state index contributed by atoms with van der Waals surface area (Å²) in [6.07, 6.45) is 4.29. The molecule has 0 amide bonds. The van der Waals surface area contributed by atoms with Gasteiger partial charge in [0.15, 0.2) is 0 Å². The molecule has 2 nitrogen and oxygen atoms in total. The van der Waals surface area contributed by atoms with Gasteiger partial charge in [0.25, 0.3) is 0 Å². The predicted octanol–water partition coefficient (Wildman–Crippen LogP) is 3.23. The van der Waals surface area contributed by atoms with E-state index < -0.39 is 0 Å². The van der Waals surface area contributed by atoms with E-state index in [-0.39, 0.29) is 5.41 Å². The lowest BCUT2D eigenvalue weighted by Gasteiger charge is -2.18. The Bertz CT molecular complexity index is 360. The number of ether oxygens (including phenoxy) is 1. The van der Waals surface area contributed by atoms with Gasteiger partial charge in [0.1, 0.15) is 0 Å². The van der Waals surface area contributed by atoms with E-state index in [1.807, 2.05) is 0 Å². The highest BCUT2D eigenvalue weighted by atomic mass is 16.5. The number of hydrogen-bond acceptors (Lipinski definition) is 2. The van der Waals surface area contributed by atoms with Crippen molar-refractivity contribution >= 4 is 6.08 Å². The zero-order valence-electron chi connectivity index (χ0n) is 12.0. The van der Waals surface area contributed by atoms with Crippen LogP contribution in [-0.2, 0) is 10.2 Å². The molecule has 1 rings (SSSR count). The van der Waals surface area contributed by atoms with Crippen LogP contribution in [0.2, 0.25) is 0 Å². The standard InChI is InChI=1S/C16H25NO/c1-16(2,3)15-9-7-14(8-10-15)6-5-11-17-12-13-18-4/h5-10,17H,11-13H2,1-4H3. The molecular weight excluding hydrogens is 222 g/mol. The van der Waals surface area contributed by atoms with E-state index in [0.29, 0.717) is 0 Å². The third-order valence-electron chi connectivity index (χ3n) is 2.83. The van der Waals surface area contributed by atoms with E-state index in [1.165, 1.54) is 11.1 Å². The van der Waals surface area contributed by atoms with Crippen LogP contribution in [0.5, 0.6) is 0 Å². The number of rotatable bonds is 6. The largest absolute Gasteiger partial charge is 0.383 e. The lowest BCUT2D eigenvalue weighted by atomic mass is 9.87. The Balaban J connectivity index is 2.41. The van der Waals surface area contributed by atoms with Gasteiger partial charge in [-0.2, -0.15) is 0 Å². The van der Waals surface area contributed by atoms with Gasteiger partial charge in [-0.3, -0.25) is 0 Å². The van der Waals surface area contributed by atoms with Crippen LogP contribution in [0.25, 0.3) is 6.08 Å². The second-order valence-electron chi connectivity index (χ2n) is 5.47. The van der Waals surface area contributed by atoms with Crippen molar-refractivity contribution in [2.24, 2.45) is 0 Å². The lowest BCUT2D eigenvalue weighted by molar-refractivity contribution is 0.200. The molecule has 18 heavy (non-hydrogen) atoms. The molecule has 0 aliphatic rings. The fourth-order valence-corrected chi connectivity index (χ4v) is 1.65. The highest BCUT2D eigenvalue weighted by Gasteiger charge is 2.12. The Morgan fingerprint density at radius 2 is 1.83 bits per heavy atom. The van der Waals surface area contributed by atoms with Gasteiger partial charge in [0.05, 0.1) is 6.61 Å². The molecule has 100 valence electrons. The molecule has 0 heterocycles. The van der Waals surface area contributed by atoms with Crippen molar-refractivity contribution in [1.82, 2.24) is 5.32 Å². The molecule has 2 heteroatoms. The van der Waals surface area contributed by atoms with Gasteiger partial charge in [-0.1, -0.05) is 57.2 Å². The van der Waals surface area contributed by atoms with Crippen molar-refractivity contribution in [2.75, 3.05) is 26.8 Å². The molecule has 0 fully saturated rings. The Kier molecular flexibility index (Phi) is 6.10. The van der Waals surface area contributed by atoms with Crippen LogP contribution in [-0.4, -0.2) is 26.8 Å². The molecule has 0 aliphatic heterocycles. The smallest absolute Gasteiger partial charge is 0.0587 e. The molecule has 0 aromatic heterocycles. The minimum absolute atomic E-state index is 0.226. The summed E-state index contributed by atoms with van der Waals surface area (Å²) >= 11 is 0. The minimum Gasteiger partial charge on any atom is -0.383 e. The lowest BCUT2D eigenvalue weighted by Crippen LogP contribution is -2.18. The molecule has 1 aromatic carbocycles. The molecule has 0 saturated heterocycles. The van der Waals surface area contributed by atoms with Gasteiger partial charge in [0, 0.05) is 20.2 Å². The average Bonchev–Trinajstić information content (AvgIpc) is 2.33. The first-order valence-electron chi connectivity index (χ1n) is 6.51. The molecular formula is C16H25NO. The van der Waals surface area contributed by atoms with Gasteiger partial charge in [0.2, 0.25) is 0 Å². The van der Waals surface area contributed by atoms with Gasteiger partial charge in [-0.15, -0.1) is 0 Å². The summed E-state index contributed by atoms with van der Waals surface area (Å²) < 4.78 is 4.97. The van der Waals surface area contributed by atoms with Crippen molar-refractivity contribution < 1.29 is 4.74 Å². The maximum atomic E-state index is 4.97. The summed E-state index contributed by atoms with van der Waals surface area (Å²) in [7, 11) is 1.72. The summed E-state index contributed by atoms with van der Waals surface area (Å²) in [5.41, 5.74) is 2.85. The molecule has 0 spiro atoms. The summed E-state index contributed by atoms with van der Waals surface area (Å²) in [6.45, 7) is 9.23. The third kappa shape index (κ3) is 5.48. The van der Waals surface area contributed by atoms with E-state index in [2.05, 4.69) is 62.5 Å². The Hall–Kier alpha value is -1.12. The average molecular weight is 247 g/mol. The number of methoxy groups -OCH3 is 1. The summed E-state index contributed by atoms with van der Waals surface area (Å²) in [5.74, 6) is 0. The van der Waals surface area contributed by atoms with E-state index in [0.717, 1.165) is 19.7 Å². The minimum atomic E-state index is 0.226. The predicted molar refractivity (Wildman–Crippen MR) is 78.9 cm³/mol. The summed E-state index contributed by atoms with van der Waals surface area (Å²) in [5, 5.41) is 3.28. The second kappa shape index (κ2) is 7.34. The van der Waals surface area contributed by atoms with Crippen molar-refractivity contribution in [3.05, 3.63) is 41.5 Å². The normalized spacial score (nSPS) is 12.2. The van der Waals surface area contributed by atoms with E-state index in [4.69, 9.17) is 4.74 Å². The van der Waals surface area contributed by atoms with E-state index in [1.54, 1.807) is 7.11 Å². The monoisotopic (exact) mass is 247 g/mol. The van der Waals surface area contributed by atoms with Crippen LogP contribution in [0.4, 0.5) is 0 Å². The second-order valence-corrected chi connectivity index (χ2v) is 5.47. The summed E-state index contributed by atoms with van der Waals surface area (Å²) in [4.78, 5) is 0. The third-order valence-corrected chi connectivity index (χ3v) is 2.83. The molecule has 0 aliphatic carbocycles. The molecule has 0 unspecified atom stereocenters. The Morgan fingerprint density at radius 1 is 1.17 bits per heavy atom. The zero-order valence-corrected chi connectivity index (χ0v) is 12.0. The highest BCUT2D eigenvalue weighted by Crippen LogP contribution is 2.22. The van der Waals surface area contributed by atoms with Crippen LogP contribution in [0.1, 0.15) is 31.9 Å². The molecule has 0 saturated carbocycles. The highest BCUT2D eigenvalue weighted by molar-refractivity contribution is 5.50. The van der Waals surface area contributed by atoms with Crippen LogP contribution in [0, 0.1) is 0 Å². The van der Waals surface area contributed by atoms with Gasteiger partial charge in [-0.05, 0) is 16.5 Å². The topological polar surface area (TPSA) is 21.3 Å². The quantitative estimate of drug-likeness (QED) is 0.779. The van der Waals surface area contributed by atoms with Crippen molar-refractivity contribution in [3.63, 3.8) is 0 Å². The van der Waals surface area contributed by atoms with Crippen LogP contribution in [0.3, 0.4) is 0 Å². The maximum Gasteiger partial charge on any atom is 0.0587 e. The first-order chi connectivity index (χ1) is 8.54. The maximum absolute atomic E-state index is 4.97. The van der Waals surface area contributed by atoms with E-state index in [9.17, 15) is 0 Å². The molecule has 0 bridgehead atoms. The summed E-state index contributed by atoms with van der Waals surface area (Å²) in [6, 6.07) is 8.76. The Labute approximate surface area is 111 Å². The van der Waals surface area contributed by atoms with E-state index >= 15 is 0 Å². The molecule has 0 radical (unpaired) electrons. The van der Waals surface area contributed by atoms with Crippen LogP contribution < -0.4 is 5.32 Å². The Morgan fingerprint density at radius 3 is 2.39 bits per heavy atom. The van der Waals surface area contributed by atoms with Crippen molar-refractivity contribution in [1.29, 1.82) is 0 Å². The fraction of sp³-hybridized carbons (Fsp3) is 0.500. The van der Waals surface area contributed by atoms with Crippen LogP contribution >= 0.6 is 0 Å². The molecule has 1 N–H and O–H groups in total.